The van der Waals surface area contributed by atoms with Gasteiger partial charge in [0.1, 0.15) is 6.10 Å². The van der Waals surface area contributed by atoms with Crippen LogP contribution in [0.5, 0.6) is 0 Å². The molecule has 1 aromatic carbocycles. The van der Waals surface area contributed by atoms with Gasteiger partial charge in [-0.15, -0.1) is 0 Å². The first-order valence-corrected chi connectivity index (χ1v) is 6.39. The lowest BCUT2D eigenvalue weighted by atomic mass is 9.86. The van der Waals surface area contributed by atoms with Crippen molar-refractivity contribution in [2.24, 2.45) is 5.41 Å². The molecule has 0 aromatic heterocycles. The molecule has 0 spiro atoms. The van der Waals surface area contributed by atoms with Crippen LogP contribution in [0.2, 0.25) is 0 Å². The van der Waals surface area contributed by atoms with Gasteiger partial charge in [0.05, 0.1) is 18.1 Å². The molecule has 0 amide bonds. The number of carbonyl (C=O) groups excluding carboxylic acids is 1. The van der Waals surface area contributed by atoms with Crippen molar-refractivity contribution in [1.29, 1.82) is 0 Å². The number of aliphatic hydroxyl groups is 3. The number of hydrogen-bond acceptors (Lipinski definition) is 4. The van der Waals surface area contributed by atoms with Gasteiger partial charge in [-0.05, 0) is 49.9 Å². The van der Waals surface area contributed by atoms with Crippen LogP contribution in [-0.2, 0) is 0 Å². The van der Waals surface area contributed by atoms with Gasteiger partial charge in [0, 0.05) is 5.56 Å². The first-order valence-electron chi connectivity index (χ1n) is 6.39. The van der Waals surface area contributed by atoms with Crippen molar-refractivity contribution < 1.29 is 20.1 Å². The molecule has 19 heavy (non-hydrogen) atoms. The van der Waals surface area contributed by atoms with Crippen LogP contribution in [0, 0.1) is 19.3 Å². The van der Waals surface area contributed by atoms with Gasteiger partial charge in [-0.2, -0.15) is 0 Å². The first kappa shape index (κ1) is 14.2. The Kier molecular flexibility index (Phi) is 3.29. The molecule has 0 bridgehead atoms. The van der Waals surface area contributed by atoms with Crippen molar-refractivity contribution in [3.8, 4) is 0 Å². The Balaban J connectivity index is 2.73. The van der Waals surface area contributed by atoms with Crippen LogP contribution in [0.3, 0.4) is 0 Å². The van der Waals surface area contributed by atoms with E-state index in [9.17, 15) is 15.0 Å². The van der Waals surface area contributed by atoms with E-state index in [2.05, 4.69) is 0 Å². The molecule has 4 nitrogen and oxygen atoms in total. The van der Waals surface area contributed by atoms with Crippen LogP contribution in [0.25, 0.3) is 0 Å². The van der Waals surface area contributed by atoms with Crippen molar-refractivity contribution in [2.75, 3.05) is 6.61 Å². The fraction of sp³-hybridized carbons (Fsp3) is 0.533. The molecule has 1 aliphatic rings. The number of rotatable bonds is 2. The Morgan fingerprint density at radius 2 is 1.95 bits per heavy atom. The third-order valence-electron chi connectivity index (χ3n) is 4.16. The topological polar surface area (TPSA) is 77.8 Å². The molecule has 1 aliphatic carbocycles. The average Bonchev–Trinajstić information content (AvgIpc) is 2.51. The van der Waals surface area contributed by atoms with Gasteiger partial charge >= 0.3 is 0 Å². The molecule has 4 heteroatoms. The number of aryl methyl sites for hydroxylation is 1. The van der Waals surface area contributed by atoms with E-state index in [0.717, 1.165) is 5.56 Å². The van der Waals surface area contributed by atoms with E-state index in [0.29, 0.717) is 22.3 Å². The molecule has 2 rings (SSSR count). The zero-order valence-corrected chi connectivity index (χ0v) is 11.7. The van der Waals surface area contributed by atoms with Crippen LogP contribution in [0.15, 0.2) is 6.07 Å². The molecule has 0 unspecified atom stereocenters. The lowest BCUT2D eigenvalue weighted by Crippen LogP contribution is -2.23. The predicted octanol–water partition coefficient (Wildman–Crippen LogP) is 1.59. The fourth-order valence-corrected chi connectivity index (χ4v) is 2.99. The number of benzene rings is 1. The summed E-state index contributed by atoms with van der Waals surface area (Å²) in [6, 6.07) is 1.74. The quantitative estimate of drug-likeness (QED) is 0.758. The first-order chi connectivity index (χ1) is 8.73. The summed E-state index contributed by atoms with van der Waals surface area (Å²) < 4.78 is 0. The summed E-state index contributed by atoms with van der Waals surface area (Å²) in [7, 11) is 0. The van der Waals surface area contributed by atoms with Gasteiger partial charge in [0.15, 0.2) is 5.78 Å². The minimum atomic E-state index is -1.00. The average molecular weight is 264 g/mol. The van der Waals surface area contributed by atoms with E-state index in [1.54, 1.807) is 26.8 Å². The lowest BCUT2D eigenvalue weighted by Gasteiger charge is -2.20. The van der Waals surface area contributed by atoms with E-state index >= 15 is 0 Å². The second-order valence-corrected chi connectivity index (χ2v) is 5.85. The molecule has 104 valence electrons. The smallest absolute Gasteiger partial charge is 0.172 e. The predicted molar refractivity (Wildman–Crippen MR) is 71.0 cm³/mol. The van der Waals surface area contributed by atoms with Crippen LogP contribution >= 0.6 is 0 Å². The van der Waals surface area contributed by atoms with E-state index in [4.69, 9.17) is 5.11 Å². The molecule has 0 saturated heterocycles. The van der Waals surface area contributed by atoms with Crippen molar-refractivity contribution in [3.63, 3.8) is 0 Å². The number of hydrogen-bond donors (Lipinski definition) is 3. The number of fused-ring (bicyclic) bond motifs is 1. The van der Waals surface area contributed by atoms with Crippen molar-refractivity contribution >= 4 is 5.78 Å². The van der Waals surface area contributed by atoms with E-state index in [1.165, 1.54) is 0 Å². The molecule has 0 aliphatic heterocycles. The van der Waals surface area contributed by atoms with Crippen LogP contribution in [0.4, 0.5) is 0 Å². The summed E-state index contributed by atoms with van der Waals surface area (Å²) in [5.74, 6) is -0.112. The van der Waals surface area contributed by atoms with Crippen LogP contribution in [-0.4, -0.2) is 27.7 Å². The van der Waals surface area contributed by atoms with Gasteiger partial charge < -0.3 is 15.3 Å². The maximum absolute atomic E-state index is 12.4. The fourth-order valence-electron chi connectivity index (χ4n) is 2.99. The Morgan fingerprint density at radius 3 is 2.47 bits per heavy atom. The summed E-state index contributed by atoms with van der Waals surface area (Å²) in [6.45, 7) is 6.62. The van der Waals surface area contributed by atoms with Gasteiger partial charge in [-0.3, -0.25) is 4.79 Å². The molecule has 1 aromatic rings. The second kappa shape index (κ2) is 4.40. The molecule has 2 atom stereocenters. The van der Waals surface area contributed by atoms with Crippen LogP contribution in [0.1, 0.15) is 58.7 Å². The summed E-state index contributed by atoms with van der Waals surface area (Å²) in [6.07, 6.45) is -1.83. The number of carbonyl (C=O) groups is 1. The van der Waals surface area contributed by atoms with E-state index in [1.807, 2.05) is 6.92 Å². The van der Waals surface area contributed by atoms with Crippen molar-refractivity contribution in [2.45, 2.75) is 39.9 Å². The summed E-state index contributed by atoms with van der Waals surface area (Å²) in [5.41, 5.74) is 2.29. The minimum absolute atomic E-state index is 0.112. The standard InChI is InChI=1S/C15H20O4/c1-7-5-9-12(8(2)11(7)10(17)6-16)14(19)15(3,4)13(9)18/h5,10,13,16-18H,6H2,1-4H3/t10-,13+/m0/s1. The van der Waals surface area contributed by atoms with Gasteiger partial charge in [0.2, 0.25) is 0 Å². The SMILES string of the molecule is Cc1cc2c(c(C)c1[C@@H](O)CO)C(=O)C(C)(C)[C@@H]2O. The van der Waals surface area contributed by atoms with Crippen LogP contribution < -0.4 is 0 Å². The maximum atomic E-state index is 12.4. The summed E-state index contributed by atoms with van der Waals surface area (Å²) in [5, 5.41) is 29.3. The Hall–Kier alpha value is -1.23. The third kappa shape index (κ3) is 1.83. The largest absolute Gasteiger partial charge is 0.393 e. The molecule has 0 saturated carbocycles. The minimum Gasteiger partial charge on any atom is -0.393 e. The number of aliphatic hydroxyl groups excluding tert-OH is 3. The highest BCUT2D eigenvalue weighted by molar-refractivity contribution is 6.06. The molecule has 0 radical (unpaired) electrons. The molecular weight excluding hydrogens is 244 g/mol. The summed E-state index contributed by atoms with van der Waals surface area (Å²) >= 11 is 0. The zero-order valence-electron chi connectivity index (χ0n) is 11.7. The third-order valence-corrected chi connectivity index (χ3v) is 4.16. The Morgan fingerprint density at radius 1 is 1.37 bits per heavy atom. The monoisotopic (exact) mass is 264 g/mol. The summed E-state index contributed by atoms with van der Waals surface area (Å²) in [4.78, 5) is 12.4. The second-order valence-electron chi connectivity index (χ2n) is 5.85. The zero-order chi connectivity index (χ0) is 14.5. The molecule has 3 N–H and O–H groups in total. The Bertz CT molecular complexity index is 546. The molecular formula is C15H20O4. The van der Waals surface area contributed by atoms with Crippen molar-refractivity contribution in [1.82, 2.24) is 0 Å². The maximum Gasteiger partial charge on any atom is 0.172 e. The molecule has 0 heterocycles. The lowest BCUT2D eigenvalue weighted by molar-refractivity contribution is 0.0491. The normalized spacial score (nSPS) is 22.5. The number of ketones is 1. The Labute approximate surface area is 112 Å². The van der Waals surface area contributed by atoms with E-state index in [-0.39, 0.29) is 12.4 Å². The van der Waals surface area contributed by atoms with E-state index < -0.39 is 17.6 Å². The van der Waals surface area contributed by atoms with Gasteiger partial charge in [-0.1, -0.05) is 6.07 Å². The molecule has 0 fully saturated rings. The van der Waals surface area contributed by atoms with Gasteiger partial charge in [-0.25, -0.2) is 0 Å². The highest BCUT2D eigenvalue weighted by Crippen LogP contribution is 2.47. The van der Waals surface area contributed by atoms with Gasteiger partial charge in [0.25, 0.3) is 0 Å². The number of Topliss-reactive ketones (excluding diaryl/α,β-unsaturated/α-hetero) is 1. The highest BCUT2D eigenvalue weighted by Gasteiger charge is 2.47. The van der Waals surface area contributed by atoms with Crippen molar-refractivity contribution in [3.05, 3.63) is 33.9 Å². The highest BCUT2D eigenvalue weighted by atomic mass is 16.3.